The Balaban J connectivity index is 2.30. The molecule has 3 heteroatoms. The van der Waals surface area contributed by atoms with Gasteiger partial charge in [0, 0.05) is 5.02 Å². The third-order valence-corrected chi connectivity index (χ3v) is 2.66. The summed E-state index contributed by atoms with van der Waals surface area (Å²) < 4.78 is 5.65. The van der Waals surface area contributed by atoms with Crippen LogP contribution in [0.15, 0.2) is 42.5 Å². The molecule has 0 atom stereocenters. The Morgan fingerprint density at radius 1 is 1.00 bits per heavy atom. The second-order valence-electron chi connectivity index (χ2n) is 3.49. The van der Waals surface area contributed by atoms with Crippen LogP contribution in [-0.4, -0.2) is 0 Å². The normalized spacial score (nSPS) is 10.2. The molecule has 0 saturated carbocycles. The van der Waals surface area contributed by atoms with Gasteiger partial charge in [-0.25, -0.2) is 0 Å². The highest BCUT2D eigenvalue weighted by atomic mass is 35.5. The first kappa shape index (κ1) is 11.3. The standard InChI is InChI=1S/C13H10Cl2O/c1-9-5-6-12(15)13(7-9)16-11-4-2-3-10(14)8-11/h2-8H,1H3. The average Bonchev–Trinajstić information content (AvgIpc) is 2.24. The fourth-order valence-corrected chi connectivity index (χ4v) is 1.68. The Kier molecular flexibility index (Phi) is 3.37. The van der Waals surface area contributed by atoms with Crippen LogP contribution in [0.2, 0.25) is 10.0 Å². The van der Waals surface area contributed by atoms with Gasteiger partial charge in [0.15, 0.2) is 0 Å². The van der Waals surface area contributed by atoms with E-state index in [1.807, 2.05) is 37.3 Å². The Morgan fingerprint density at radius 2 is 1.81 bits per heavy atom. The summed E-state index contributed by atoms with van der Waals surface area (Å²) >= 11 is 11.9. The van der Waals surface area contributed by atoms with Gasteiger partial charge >= 0.3 is 0 Å². The van der Waals surface area contributed by atoms with Crippen molar-refractivity contribution in [2.24, 2.45) is 0 Å². The second-order valence-corrected chi connectivity index (χ2v) is 4.34. The molecule has 0 unspecified atom stereocenters. The Labute approximate surface area is 105 Å². The molecule has 2 rings (SSSR count). The van der Waals surface area contributed by atoms with Gasteiger partial charge in [-0.2, -0.15) is 0 Å². The lowest BCUT2D eigenvalue weighted by atomic mass is 10.2. The minimum atomic E-state index is 0.588. The number of halogens is 2. The highest BCUT2D eigenvalue weighted by Crippen LogP contribution is 2.30. The average molecular weight is 253 g/mol. The summed E-state index contributed by atoms with van der Waals surface area (Å²) in [6.45, 7) is 1.99. The smallest absolute Gasteiger partial charge is 0.146 e. The molecule has 1 nitrogen and oxygen atoms in total. The van der Waals surface area contributed by atoms with Crippen molar-refractivity contribution in [1.29, 1.82) is 0 Å². The Bertz CT molecular complexity index is 509. The Hall–Kier alpha value is -1.18. The van der Waals surface area contributed by atoms with Crippen molar-refractivity contribution in [3.63, 3.8) is 0 Å². The zero-order valence-corrected chi connectivity index (χ0v) is 10.2. The lowest BCUT2D eigenvalue weighted by molar-refractivity contribution is 0.482. The molecule has 0 N–H and O–H groups in total. The molecule has 16 heavy (non-hydrogen) atoms. The zero-order valence-electron chi connectivity index (χ0n) is 8.71. The molecule has 0 aliphatic rings. The molecule has 0 amide bonds. The van der Waals surface area contributed by atoms with E-state index in [-0.39, 0.29) is 0 Å². The molecule has 0 aliphatic carbocycles. The summed E-state index contributed by atoms with van der Waals surface area (Å²) in [7, 11) is 0. The quantitative estimate of drug-likeness (QED) is 0.723. The molecule has 0 aromatic heterocycles. The van der Waals surface area contributed by atoms with Gasteiger partial charge < -0.3 is 4.74 Å². The molecule has 0 fully saturated rings. The predicted octanol–water partition coefficient (Wildman–Crippen LogP) is 5.09. The third-order valence-electron chi connectivity index (χ3n) is 2.11. The number of rotatable bonds is 2. The van der Waals surface area contributed by atoms with Crippen LogP contribution in [0.5, 0.6) is 11.5 Å². The second kappa shape index (κ2) is 4.77. The van der Waals surface area contributed by atoms with Crippen molar-refractivity contribution in [2.75, 3.05) is 0 Å². The molecule has 0 radical (unpaired) electrons. The van der Waals surface area contributed by atoms with Crippen molar-refractivity contribution in [1.82, 2.24) is 0 Å². The molecule has 0 bridgehead atoms. The van der Waals surface area contributed by atoms with Crippen LogP contribution in [0.25, 0.3) is 0 Å². The highest BCUT2D eigenvalue weighted by Gasteiger charge is 2.03. The van der Waals surface area contributed by atoms with Gasteiger partial charge in [0.2, 0.25) is 0 Å². The van der Waals surface area contributed by atoms with Crippen LogP contribution in [0, 0.1) is 6.92 Å². The van der Waals surface area contributed by atoms with Crippen molar-refractivity contribution >= 4 is 23.2 Å². The fourth-order valence-electron chi connectivity index (χ4n) is 1.35. The lowest BCUT2D eigenvalue weighted by Crippen LogP contribution is -1.86. The fraction of sp³-hybridized carbons (Fsp3) is 0.0769. The molecule has 2 aromatic carbocycles. The number of hydrogen-bond acceptors (Lipinski definition) is 1. The number of aryl methyl sites for hydroxylation is 1. The summed E-state index contributed by atoms with van der Waals surface area (Å²) in [5.74, 6) is 1.32. The highest BCUT2D eigenvalue weighted by molar-refractivity contribution is 6.32. The van der Waals surface area contributed by atoms with Gasteiger partial charge in [-0.15, -0.1) is 0 Å². The summed E-state index contributed by atoms with van der Waals surface area (Å²) in [6.07, 6.45) is 0. The van der Waals surface area contributed by atoms with E-state index in [2.05, 4.69) is 0 Å². The van der Waals surface area contributed by atoms with Gasteiger partial charge in [-0.3, -0.25) is 0 Å². The number of ether oxygens (including phenoxy) is 1. The van der Waals surface area contributed by atoms with Crippen molar-refractivity contribution in [3.05, 3.63) is 58.1 Å². The van der Waals surface area contributed by atoms with Crippen LogP contribution in [-0.2, 0) is 0 Å². The zero-order chi connectivity index (χ0) is 11.5. The largest absolute Gasteiger partial charge is 0.456 e. The minimum absolute atomic E-state index is 0.588. The van der Waals surface area contributed by atoms with E-state index in [9.17, 15) is 0 Å². The van der Waals surface area contributed by atoms with E-state index in [1.54, 1.807) is 12.1 Å². The van der Waals surface area contributed by atoms with E-state index in [0.717, 1.165) is 5.56 Å². The monoisotopic (exact) mass is 252 g/mol. The van der Waals surface area contributed by atoms with Gasteiger partial charge in [0.05, 0.1) is 5.02 Å². The predicted molar refractivity (Wildman–Crippen MR) is 67.7 cm³/mol. The van der Waals surface area contributed by atoms with Crippen molar-refractivity contribution in [3.8, 4) is 11.5 Å². The molecular weight excluding hydrogens is 243 g/mol. The summed E-state index contributed by atoms with van der Waals surface area (Å²) in [5, 5.41) is 1.23. The molecule has 0 aliphatic heterocycles. The van der Waals surface area contributed by atoms with Gasteiger partial charge in [-0.05, 0) is 42.8 Å². The summed E-state index contributed by atoms with van der Waals surface area (Å²) in [4.78, 5) is 0. The van der Waals surface area contributed by atoms with E-state index >= 15 is 0 Å². The van der Waals surface area contributed by atoms with E-state index in [0.29, 0.717) is 21.5 Å². The first-order valence-corrected chi connectivity index (χ1v) is 5.60. The molecule has 0 saturated heterocycles. The van der Waals surface area contributed by atoms with E-state index in [1.165, 1.54) is 0 Å². The van der Waals surface area contributed by atoms with E-state index in [4.69, 9.17) is 27.9 Å². The number of benzene rings is 2. The lowest BCUT2D eigenvalue weighted by Gasteiger charge is -2.08. The van der Waals surface area contributed by atoms with Crippen LogP contribution >= 0.6 is 23.2 Å². The van der Waals surface area contributed by atoms with Crippen LogP contribution < -0.4 is 4.74 Å². The van der Waals surface area contributed by atoms with E-state index < -0.39 is 0 Å². The topological polar surface area (TPSA) is 9.23 Å². The minimum Gasteiger partial charge on any atom is -0.456 e. The molecule has 0 spiro atoms. The Morgan fingerprint density at radius 3 is 2.56 bits per heavy atom. The first-order chi connectivity index (χ1) is 7.65. The third kappa shape index (κ3) is 2.69. The molecule has 82 valence electrons. The maximum atomic E-state index is 6.03. The maximum Gasteiger partial charge on any atom is 0.146 e. The van der Waals surface area contributed by atoms with Gasteiger partial charge in [0.1, 0.15) is 11.5 Å². The van der Waals surface area contributed by atoms with Crippen molar-refractivity contribution < 1.29 is 4.74 Å². The number of hydrogen-bond donors (Lipinski definition) is 0. The summed E-state index contributed by atoms with van der Waals surface area (Å²) in [5.41, 5.74) is 1.10. The first-order valence-electron chi connectivity index (χ1n) is 4.85. The summed E-state index contributed by atoms with van der Waals surface area (Å²) in [6, 6.07) is 12.9. The van der Waals surface area contributed by atoms with Crippen LogP contribution in [0.4, 0.5) is 0 Å². The van der Waals surface area contributed by atoms with Crippen molar-refractivity contribution in [2.45, 2.75) is 6.92 Å². The molecular formula is C13H10Cl2O. The van der Waals surface area contributed by atoms with Gasteiger partial charge in [0.25, 0.3) is 0 Å². The SMILES string of the molecule is Cc1ccc(Cl)c(Oc2cccc(Cl)c2)c1. The van der Waals surface area contributed by atoms with Crippen LogP contribution in [0.3, 0.4) is 0 Å². The maximum absolute atomic E-state index is 6.03. The molecule has 0 heterocycles. The van der Waals surface area contributed by atoms with Crippen LogP contribution in [0.1, 0.15) is 5.56 Å². The van der Waals surface area contributed by atoms with Gasteiger partial charge in [-0.1, -0.05) is 35.3 Å². The molecule has 2 aromatic rings.